The lowest BCUT2D eigenvalue weighted by molar-refractivity contribution is 0.0771. The summed E-state index contributed by atoms with van der Waals surface area (Å²) < 4.78 is 28.2. The molecule has 1 fully saturated rings. The minimum Gasteiger partial charge on any atom is -0.337 e. The molecule has 22 heavy (non-hydrogen) atoms. The molecule has 1 aromatic carbocycles. The Hall–Kier alpha value is -1.89. The van der Waals surface area contributed by atoms with Crippen molar-refractivity contribution in [3.05, 3.63) is 47.3 Å². The summed E-state index contributed by atoms with van der Waals surface area (Å²) >= 11 is 1.82. The smallest absolute Gasteiger partial charge is 0.257 e. The Kier molecular flexibility index (Phi) is 4.15. The average molecular weight is 323 g/mol. The molecule has 0 saturated carbocycles. The van der Waals surface area contributed by atoms with Crippen LogP contribution in [0.3, 0.4) is 0 Å². The van der Waals surface area contributed by atoms with Gasteiger partial charge in [0.25, 0.3) is 5.91 Å². The first-order chi connectivity index (χ1) is 10.6. The highest BCUT2D eigenvalue weighted by molar-refractivity contribution is 7.99. The number of aromatic nitrogens is 2. The van der Waals surface area contributed by atoms with E-state index in [4.69, 9.17) is 0 Å². The zero-order chi connectivity index (χ0) is 15.7. The highest BCUT2D eigenvalue weighted by Crippen LogP contribution is 2.20. The molecule has 1 aliphatic rings. The first kappa shape index (κ1) is 15.0. The van der Waals surface area contributed by atoms with Crippen LogP contribution >= 0.6 is 11.8 Å². The van der Waals surface area contributed by atoms with Gasteiger partial charge in [-0.05, 0) is 19.1 Å². The van der Waals surface area contributed by atoms with Crippen LogP contribution in [-0.2, 0) is 0 Å². The second-order valence-electron chi connectivity index (χ2n) is 5.06. The van der Waals surface area contributed by atoms with Gasteiger partial charge in [0.2, 0.25) is 0 Å². The van der Waals surface area contributed by atoms with Gasteiger partial charge >= 0.3 is 0 Å². The van der Waals surface area contributed by atoms with Crippen LogP contribution < -0.4 is 0 Å². The molecule has 2 aromatic rings. The van der Waals surface area contributed by atoms with Crippen LogP contribution in [0.2, 0.25) is 0 Å². The molecule has 7 heteroatoms. The molecule has 3 rings (SSSR count). The van der Waals surface area contributed by atoms with Crippen molar-refractivity contribution in [2.24, 2.45) is 0 Å². The summed E-state index contributed by atoms with van der Waals surface area (Å²) in [7, 11) is 0. The molecule has 1 aliphatic heterocycles. The van der Waals surface area contributed by atoms with Crippen LogP contribution in [0.25, 0.3) is 5.69 Å². The molecule has 0 radical (unpaired) electrons. The number of thioether (sulfide) groups is 1. The summed E-state index contributed by atoms with van der Waals surface area (Å²) in [5.41, 5.74) is 1.14. The fraction of sp³-hybridized carbons (Fsp3) is 0.333. The SMILES string of the molecule is Cc1c(C(=O)N2CCSCC2)cnn1-c1ccc(F)cc1F. The molecule has 2 heterocycles. The molecule has 1 amide bonds. The van der Waals surface area contributed by atoms with Gasteiger partial charge in [-0.15, -0.1) is 0 Å². The molecule has 1 saturated heterocycles. The number of amides is 1. The van der Waals surface area contributed by atoms with E-state index in [2.05, 4.69) is 5.10 Å². The van der Waals surface area contributed by atoms with Crippen molar-refractivity contribution in [3.8, 4) is 5.69 Å². The maximum absolute atomic E-state index is 13.9. The molecule has 116 valence electrons. The van der Waals surface area contributed by atoms with Crippen LogP contribution in [0, 0.1) is 18.6 Å². The highest BCUT2D eigenvalue weighted by Gasteiger charge is 2.23. The van der Waals surface area contributed by atoms with E-state index in [9.17, 15) is 13.6 Å². The Morgan fingerprint density at radius 3 is 2.68 bits per heavy atom. The average Bonchev–Trinajstić information content (AvgIpc) is 2.89. The number of hydrogen-bond donors (Lipinski definition) is 0. The lowest BCUT2D eigenvalue weighted by atomic mass is 10.2. The molecule has 0 atom stereocenters. The van der Waals surface area contributed by atoms with E-state index < -0.39 is 11.6 Å². The standard InChI is InChI=1S/C15H15F2N3OS/c1-10-12(15(21)19-4-6-22-7-5-19)9-18-20(10)14-3-2-11(16)8-13(14)17/h2-3,8-9H,4-7H2,1H3. The zero-order valence-electron chi connectivity index (χ0n) is 12.1. The number of nitrogens with zero attached hydrogens (tertiary/aromatic N) is 3. The van der Waals surface area contributed by atoms with Crippen LogP contribution in [0.1, 0.15) is 16.1 Å². The Bertz CT molecular complexity index is 711. The van der Waals surface area contributed by atoms with Gasteiger partial charge in [-0.1, -0.05) is 0 Å². The summed E-state index contributed by atoms with van der Waals surface area (Å²) in [6.45, 7) is 3.12. The second kappa shape index (κ2) is 6.08. The molecule has 4 nitrogen and oxygen atoms in total. The van der Waals surface area contributed by atoms with Crippen molar-refractivity contribution >= 4 is 17.7 Å². The quantitative estimate of drug-likeness (QED) is 0.853. The van der Waals surface area contributed by atoms with Crippen LogP contribution in [-0.4, -0.2) is 45.2 Å². The van der Waals surface area contributed by atoms with E-state index >= 15 is 0 Å². The van der Waals surface area contributed by atoms with Crippen molar-refractivity contribution in [2.45, 2.75) is 6.92 Å². The van der Waals surface area contributed by atoms with E-state index in [0.717, 1.165) is 17.6 Å². The van der Waals surface area contributed by atoms with Crippen molar-refractivity contribution < 1.29 is 13.6 Å². The molecule has 0 N–H and O–H groups in total. The van der Waals surface area contributed by atoms with Crippen molar-refractivity contribution in [2.75, 3.05) is 24.6 Å². The molecule has 0 aliphatic carbocycles. The third-order valence-electron chi connectivity index (χ3n) is 3.68. The number of carbonyl (C=O) groups is 1. The number of rotatable bonds is 2. The Balaban J connectivity index is 1.93. The van der Waals surface area contributed by atoms with Gasteiger partial charge in [0.1, 0.15) is 11.5 Å². The van der Waals surface area contributed by atoms with Gasteiger partial charge < -0.3 is 4.90 Å². The molecular formula is C15H15F2N3OS. The first-order valence-electron chi connectivity index (χ1n) is 6.95. The number of benzene rings is 1. The molecule has 0 bridgehead atoms. The van der Waals surface area contributed by atoms with Crippen molar-refractivity contribution in [3.63, 3.8) is 0 Å². The topological polar surface area (TPSA) is 38.1 Å². The van der Waals surface area contributed by atoms with E-state index in [-0.39, 0.29) is 11.6 Å². The summed E-state index contributed by atoms with van der Waals surface area (Å²) in [6, 6.07) is 3.29. The molecule has 0 unspecified atom stereocenters. The van der Waals surface area contributed by atoms with Crippen molar-refractivity contribution in [1.29, 1.82) is 0 Å². The van der Waals surface area contributed by atoms with Crippen LogP contribution in [0.4, 0.5) is 8.78 Å². The third-order valence-corrected chi connectivity index (χ3v) is 4.62. The largest absolute Gasteiger partial charge is 0.337 e. The minimum atomic E-state index is -0.709. The summed E-state index contributed by atoms with van der Waals surface area (Å²) in [5, 5.41) is 4.09. The Morgan fingerprint density at radius 1 is 1.27 bits per heavy atom. The predicted octanol–water partition coefficient (Wildman–Crippen LogP) is 2.65. The summed E-state index contributed by atoms with van der Waals surface area (Å²) in [5.74, 6) is 0.399. The summed E-state index contributed by atoms with van der Waals surface area (Å²) in [6.07, 6.45) is 1.45. The highest BCUT2D eigenvalue weighted by atomic mass is 32.2. The monoisotopic (exact) mass is 323 g/mol. The summed E-state index contributed by atoms with van der Waals surface area (Å²) in [4.78, 5) is 14.3. The van der Waals surface area contributed by atoms with Gasteiger partial charge in [-0.3, -0.25) is 4.79 Å². The van der Waals surface area contributed by atoms with Crippen LogP contribution in [0.5, 0.6) is 0 Å². The predicted molar refractivity (Wildman–Crippen MR) is 81.4 cm³/mol. The Labute approximate surface area is 131 Å². The fourth-order valence-corrected chi connectivity index (χ4v) is 3.36. The van der Waals surface area contributed by atoms with Gasteiger partial charge in [-0.2, -0.15) is 16.9 Å². The molecular weight excluding hydrogens is 308 g/mol. The second-order valence-corrected chi connectivity index (χ2v) is 6.28. The number of halogens is 2. The van der Waals surface area contributed by atoms with Gasteiger partial charge in [0.05, 0.1) is 17.5 Å². The van der Waals surface area contributed by atoms with E-state index in [1.54, 1.807) is 11.8 Å². The number of hydrogen-bond acceptors (Lipinski definition) is 3. The first-order valence-corrected chi connectivity index (χ1v) is 8.10. The van der Waals surface area contributed by atoms with Crippen LogP contribution in [0.15, 0.2) is 24.4 Å². The maximum Gasteiger partial charge on any atom is 0.257 e. The number of carbonyl (C=O) groups excluding carboxylic acids is 1. The Morgan fingerprint density at radius 2 is 2.00 bits per heavy atom. The zero-order valence-corrected chi connectivity index (χ0v) is 12.9. The minimum absolute atomic E-state index is 0.0911. The normalized spacial score (nSPS) is 15.1. The lowest BCUT2D eigenvalue weighted by Gasteiger charge is -2.26. The maximum atomic E-state index is 13.9. The van der Waals surface area contributed by atoms with E-state index in [1.165, 1.54) is 23.0 Å². The lowest BCUT2D eigenvalue weighted by Crippen LogP contribution is -2.38. The van der Waals surface area contributed by atoms with Crippen molar-refractivity contribution in [1.82, 2.24) is 14.7 Å². The van der Waals surface area contributed by atoms with E-state index in [0.29, 0.717) is 24.3 Å². The van der Waals surface area contributed by atoms with E-state index in [1.807, 2.05) is 11.8 Å². The van der Waals surface area contributed by atoms with Gasteiger partial charge in [0, 0.05) is 30.7 Å². The van der Waals surface area contributed by atoms with Gasteiger partial charge in [-0.25, -0.2) is 13.5 Å². The molecule has 1 aromatic heterocycles. The molecule has 0 spiro atoms. The van der Waals surface area contributed by atoms with Gasteiger partial charge in [0.15, 0.2) is 5.82 Å². The fourth-order valence-electron chi connectivity index (χ4n) is 2.45. The third kappa shape index (κ3) is 2.72.